The maximum absolute atomic E-state index is 14.2. The van der Waals surface area contributed by atoms with Gasteiger partial charge in [0.2, 0.25) is 0 Å². The summed E-state index contributed by atoms with van der Waals surface area (Å²) < 4.78 is 42.5. The summed E-state index contributed by atoms with van der Waals surface area (Å²) in [5.74, 6) is -0.599. The van der Waals surface area contributed by atoms with E-state index in [-0.39, 0.29) is 18.2 Å². The van der Waals surface area contributed by atoms with Gasteiger partial charge in [-0.2, -0.15) is 8.42 Å². The number of rotatable bonds is 4. The van der Waals surface area contributed by atoms with Crippen LogP contribution in [0.1, 0.15) is 6.92 Å². The molecule has 23 heavy (non-hydrogen) atoms. The van der Waals surface area contributed by atoms with Crippen LogP contribution in [0.2, 0.25) is 0 Å². The monoisotopic (exact) mass is 335 g/mol. The molecule has 7 heteroatoms. The molecule has 0 unspecified atom stereocenters. The molecular formula is C16H18FN3O2S. The van der Waals surface area contributed by atoms with Crippen LogP contribution >= 0.6 is 0 Å². The normalized spacial score (nSPS) is 17.2. The molecule has 0 fully saturated rings. The van der Waals surface area contributed by atoms with Crippen molar-refractivity contribution in [1.82, 2.24) is 0 Å². The molecular weight excluding hydrogens is 317 g/mol. The van der Waals surface area contributed by atoms with Gasteiger partial charge in [0.15, 0.2) is 0 Å². The molecule has 1 heterocycles. The molecule has 0 bridgehead atoms. The minimum Gasteiger partial charge on any atom is -0.330 e. The number of hydrogen-bond acceptors (Lipinski definition) is 3. The van der Waals surface area contributed by atoms with Crippen LogP contribution in [0.3, 0.4) is 0 Å². The molecule has 2 N–H and O–H groups in total. The van der Waals surface area contributed by atoms with E-state index in [0.717, 1.165) is 4.31 Å². The van der Waals surface area contributed by atoms with Crippen LogP contribution in [0.25, 0.3) is 0 Å². The fourth-order valence-electron chi connectivity index (χ4n) is 2.61. The van der Waals surface area contributed by atoms with Gasteiger partial charge in [0, 0.05) is 6.54 Å². The minimum atomic E-state index is -3.90. The van der Waals surface area contributed by atoms with Gasteiger partial charge in [-0.3, -0.25) is 4.31 Å². The van der Waals surface area contributed by atoms with E-state index in [2.05, 4.69) is 0 Å². The largest absolute Gasteiger partial charge is 0.331 e. The SMILES string of the molecule is C[C@@H](CN)CN1c2ccccc2N(c2ccccc2F)S1(=O)=O. The standard InChI is InChI=1S/C16H18FN3O2S/c1-12(10-18)11-19-15-8-4-5-9-16(15)20(23(19,21)22)14-7-3-2-6-13(14)17/h2-9,12H,10-11,18H2,1H3/t12-/m0/s1. The Morgan fingerprint density at radius 1 is 1.04 bits per heavy atom. The van der Waals surface area contributed by atoms with Crippen molar-refractivity contribution < 1.29 is 12.8 Å². The van der Waals surface area contributed by atoms with E-state index < -0.39 is 16.0 Å². The Hall–Kier alpha value is -2.12. The van der Waals surface area contributed by atoms with Crippen LogP contribution < -0.4 is 14.3 Å². The highest BCUT2D eigenvalue weighted by Gasteiger charge is 2.42. The molecule has 0 saturated carbocycles. The highest BCUT2D eigenvalue weighted by atomic mass is 32.2. The van der Waals surface area contributed by atoms with Gasteiger partial charge in [-0.25, -0.2) is 8.70 Å². The zero-order valence-corrected chi connectivity index (χ0v) is 13.5. The predicted octanol–water partition coefficient (Wildman–Crippen LogP) is 2.62. The summed E-state index contributed by atoms with van der Waals surface area (Å²) in [5.41, 5.74) is 6.63. The van der Waals surface area contributed by atoms with Crippen LogP contribution in [0.5, 0.6) is 0 Å². The maximum atomic E-state index is 14.2. The third kappa shape index (κ3) is 2.55. The van der Waals surface area contributed by atoms with Crippen molar-refractivity contribution in [2.45, 2.75) is 6.92 Å². The van der Waals surface area contributed by atoms with Crippen LogP contribution in [-0.4, -0.2) is 21.5 Å². The van der Waals surface area contributed by atoms with Crippen LogP contribution in [0, 0.1) is 11.7 Å². The molecule has 5 nitrogen and oxygen atoms in total. The summed E-state index contributed by atoms with van der Waals surface area (Å²) in [6.07, 6.45) is 0. The topological polar surface area (TPSA) is 66.6 Å². The second-order valence-corrected chi connectivity index (χ2v) is 7.29. The van der Waals surface area contributed by atoms with E-state index in [9.17, 15) is 12.8 Å². The highest BCUT2D eigenvalue weighted by molar-refractivity contribution is 7.95. The first-order valence-electron chi connectivity index (χ1n) is 7.33. The van der Waals surface area contributed by atoms with Gasteiger partial charge in [-0.15, -0.1) is 0 Å². The Morgan fingerprint density at radius 3 is 2.22 bits per heavy atom. The van der Waals surface area contributed by atoms with Crippen LogP contribution in [0.15, 0.2) is 48.5 Å². The van der Waals surface area contributed by atoms with Crippen LogP contribution in [0.4, 0.5) is 21.5 Å². The fraction of sp³-hybridized carbons (Fsp3) is 0.250. The van der Waals surface area contributed by atoms with Gasteiger partial charge in [0.1, 0.15) is 5.82 Å². The van der Waals surface area contributed by atoms with Crippen molar-refractivity contribution in [3.8, 4) is 0 Å². The lowest BCUT2D eigenvalue weighted by molar-refractivity contribution is 0.569. The lowest BCUT2D eigenvalue weighted by atomic mass is 10.1. The van der Waals surface area contributed by atoms with E-state index in [1.165, 1.54) is 22.5 Å². The molecule has 0 radical (unpaired) electrons. The zero-order valence-electron chi connectivity index (χ0n) is 12.7. The lowest BCUT2D eigenvalue weighted by Gasteiger charge is -2.24. The Labute approximate surface area is 135 Å². The van der Waals surface area contributed by atoms with Crippen molar-refractivity contribution >= 4 is 27.3 Å². The van der Waals surface area contributed by atoms with Gasteiger partial charge in [0.05, 0.1) is 17.1 Å². The number of nitrogens with zero attached hydrogens (tertiary/aromatic N) is 2. The number of hydrogen-bond donors (Lipinski definition) is 1. The van der Waals surface area contributed by atoms with E-state index in [4.69, 9.17) is 5.73 Å². The van der Waals surface area contributed by atoms with Crippen molar-refractivity contribution in [1.29, 1.82) is 0 Å². The van der Waals surface area contributed by atoms with E-state index >= 15 is 0 Å². The van der Waals surface area contributed by atoms with Crippen molar-refractivity contribution in [2.24, 2.45) is 11.7 Å². The average Bonchev–Trinajstić information content (AvgIpc) is 2.75. The lowest BCUT2D eigenvalue weighted by Crippen LogP contribution is -2.39. The minimum absolute atomic E-state index is 0.0154. The van der Waals surface area contributed by atoms with Gasteiger partial charge in [0.25, 0.3) is 0 Å². The maximum Gasteiger partial charge on any atom is 0.331 e. The molecule has 3 rings (SSSR count). The fourth-order valence-corrected chi connectivity index (χ4v) is 4.46. The summed E-state index contributed by atoms with van der Waals surface area (Å²) in [7, 11) is -3.90. The smallest absolute Gasteiger partial charge is 0.330 e. The molecule has 2 aromatic rings. The first-order chi connectivity index (χ1) is 11.0. The summed E-state index contributed by atoms with van der Waals surface area (Å²) in [6, 6.07) is 12.7. The summed E-state index contributed by atoms with van der Waals surface area (Å²) in [6.45, 7) is 2.50. The van der Waals surface area contributed by atoms with Crippen LogP contribution in [-0.2, 0) is 10.2 Å². The molecule has 1 aliphatic rings. The van der Waals surface area contributed by atoms with Gasteiger partial charge < -0.3 is 5.73 Å². The van der Waals surface area contributed by atoms with Gasteiger partial charge in [-0.05, 0) is 36.7 Å². The van der Waals surface area contributed by atoms with E-state index in [1.807, 2.05) is 6.92 Å². The van der Waals surface area contributed by atoms with Gasteiger partial charge in [-0.1, -0.05) is 31.2 Å². The van der Waals surface area contributed by atoms with E-state index in [0.29, 0.717) is 17.9 Å². The zero-order chi connectivity index (χ0) is 16.6. The van der Waals surface area contributed by atoms with Gasteiger partial charge >= 0.3 is 10.2 Å². The number of nitrogens with two attached hydrogens (primary N) is 1. The number of para-hydroxylation sites is 3. The predicted molar refractivity (Wildman–Crippen MR) is 89.5 cm³/mol. The molecule has 122 valence electrons. The third-order valence-electron chi connectivity index (χ3n) is 3.83. The molecule has 1 aliphatic heterocycles. The Bertz CT molecular complexity index is 826. The molecule has 0 aliphatic carbocycles. The first-order valence-corrected chi connectivity index (χ1v) is 8.73. The second-order valence-electron chi connectivity index (χ2n) is 5.58. The Morgan fingerprint density at radius 2 is 1.61 bits per heavy atom. The summed E-state index contributed by atoms with van der Waals surface area (Å²) in [4.78, 5) is 0. The number of anilines is 3. The number of benzene rings is 2. The molecule has 2 aromatic carbocycles. The van der Waals surface area contributed by atoms with E-state index in [1.54, 1.807) is 30.3 Å². The quantitative estimate of drug-likeness (QED) is 0.934. The molecule has 1 atom stereocenters. The highest BCUT2D eigenvalue weighted by Crippen LogP contribution is 2.45. The van der Waals surface area contributed by atoms with Crippen molar-refractivity contribution in [3.63, 3.8) is 0 Å². The Kier molecular flexibility index (Phi) is 3.99. The molecule has 0 saturated heterocycles. The summed E-state index contributed by atoms with van der Waals surface area (Å²) in [5, 5.41) is 0. The first kappa shape index (κ1) is 15.8. The molecule has 0 spiro atoms. The third-order valence-corrected chi connectivity index (χ3v) is 5.59. The number of halogens is 1. The average molecular weight is 335 g/mol. The Balaban J connectivity index is 2.17. The number of fused-ring (bicyclic) bond motifs is 1. The van der Waals surface area contributed by atoms with Crippen molar-refractivity contribution in [2.75, 3.05) is 21.7 Å². The van der Waals surface area contributed by atoms with Crippen molar-refractivity contribution in [3.05, 3.63) is 54.3 Å². The molecule has 0 aromatic heterocycles. The molecule has 0 amide bonds. The second kappa shape index (κ2) is 5.82. The summed E-state index contributed by atoms with van der Waals surface area (Å²) >= 11 is 0.